The summed E-state index contributed by atoms with van der Waals surface area (Å²) in [6, 6.07) is 3.92. The molecule has 0 atom stereocenters. The number of pyridine rings is 1. The molecule has 3 nitrogen and oxygen atoms in total. The fourth-order valence-electron chi connectivity index (χ4n) is 1.04. The maximum Gasteiger partial charge on any atom is 0.213 e. The van der Waals surface area contributed by atoms with Crippen molar-refractivity contribution in [3.8, 4) is 5.88 Å². The first-order chi connectivity index (χ1) is 5.84. The molecule has 1 aromatic heterocycles. The van der Waals surface area contributed by atoms with Crippen molar-refractivity contribution >= 4 is 0 Å². The molecular weight excluding hydrogens is 152 g/mol. The van der Waals surface area contributed by atoms with Crippen LogP contribution >= 0.6 is 0 Å². The van der Waals surface area contributed by atoms with Crippen molar-refractivity contribution in [1.82, 2.24) is 10.3 Å². The molecule has 2 rings (SSSR count). The van der Waals surface area contributed by atoms with Crippen molar-refractivity contribution in [2.75, 3.05) is 13.1 Å². The fourth-order valence-corrected chi connectivity index (χ4v) is 1.04. The molecule has 0 aromatic carbocycles. The Balaban J connectivity index is 1.98. The van der Waals surface area contributed by atoms with Gasteiger partial charge < -0.3 is 10.1 Å². The molecule has 0 spiro atoms. The van der Waals surface area contributed by atoms with Crippen molar-refractivity contribution in [2.24, 2.45) is 0 Å². The molecule has 1 N–H and O–H groups in total. The van der Waals surface area contributed by atoms with E-state index in [4.69, 9.17) is 4.74 Å². The number of ether oxygens (including phenoxy) is 1. The molecular formula is C9H12N2O. The van der Waals surface area contributed by atoms with E-state index < -0.39 is 0 Å². The number of nitrogens with zero attached hydrogens (tertiary/aromatic N) is 1. The highest BCUT2D eigenvalue weighted by atomic mass is 16.5. The Labute approximate surface area is 71.8 Å². The fraction of sp³-hybridized carbons (Fsp3) is 0.444. The van der Waals surface area contributed by atoms with Gasteiger partial charge in [-0.15, -0.1) is 0 Å². The van der Waals surface area contributed by atoms with Gasteiger partial charge in [-0.3, -0.25) is 0 Å². The third kappa shape index (κ3) is 1.56. The molecule has 1 aliphatic heterocycles. The van der Waals surface area contributed by atoms with E-state index in [1.165, 1.54) is 0 Å². The van der Waals surface area contributed by atoms with Crippen molar-refractivity contribution < 1.29 is 4.74 Å². The molecule has 0 saturated carbocycles. The van der Waals surface area contributed by atoms with Gasteiger partial charge in [-0.1, -0.05) is 6.07 Å². The Hall–Kier alpha value is -1.09. The van der Waals surface area contributed by atoms with Crippen LogP contribution in [0.2, 0.25) is 0 Å². The highest BCUT2D eigenvalue weighted by molar-refractivity contribution is 5.16. The summed E-state index contributed by atoms with van der Waals surface area (Å²) in [5, 5.41) is 3.14. The van der Waals surface area contributed by atoms with Crippen molar-refractivity contribution in [3.05, 3.63) is 23.9 Å². The van der Waals surface area contributed by atoms with E-state index >= 15 is 0 Å². The largest absolute Gasteiger partial charge is 0.472 e. The van der Waals surface area contributed by atoms with Gasteiger partial charge >= 0.3 is 0 Å². The summed E-state index contributed by atoms with van der Waals surface area (Å²) in [5.74, 6) is 0.729. The second kappa shape index (κ2) is 3.11. The average molecular weight is 164 g/mol. The van der Waals surface area contributed by atoms with E-state index in [2.05, 4.69) is 10.3 Å². The van der Waals surface area contributed by atoms with E-state index in [0.29, 0.717) is 6.10 Å². The van der Waals surface area contributed by atoms with Crippen molar-refractivity contribution in [1.29, 1.82) is 0 Å². The first-order valence-electron chi connectivity index (χ1n) is 4.14. The maximum absolute atomic E-state index is 5.53. The van der Waals surface area contributed by atoms with Gasteiger partial charge in [-0.2, -0.15) is 0 Å². The van der Waals surface area contributed by atoms with Crippen LogP contribution in [-0.2, 0) is 0 Å². The van der Waals surface area contributed by atoms with Crippen LogP contribution in [0.3, 0.4) is 0 Å². The topological polar surface area (TPSA) is 34.1 Å². The van der Waals surface area contributed by atoms with E-state index in [0.717, 1.165) is 24.5 Å². The van der Waals surface area contributed by atoms with Crippen molar-refractivity contribution in [2.45, 2.75) is 13.0 Å². The Morgan fingerprint density at radius 1 is 1.50 bits per heavy atom. The van der Waals surface area contributed by atoms with Gasteiger partial charge in [0.2, 0.25) is 5.88 Å². The highest BCUT2D eigenvalue weighted by Gasteiger charge is 2.18. The Morgan fingerprint density at radius 2 is 2.33 bits per heavy atom. The highest BCUT2D eigenvalue weighted by Crippen LogP contribution is 2.10. The van der Waals surface area contributed by atoms with Gasteiger partial charge in [0.25, 0.3) is 0 Å². The normalized spacial score (nSPS) is 17.1. The SMILES string of the molecule is Cc1ccc(OC2CNC2)nc1. The van der Waals surface area contributed by atoms with Gasteiger partial charge in [0.15, 0.2) is 0 Å². The monoisotopic (exact) mass is 164 g/mol. The van der Waals surface area contributed by atoms with Crippen LogP contribution in [0.5, 0.6) is 5.88 Å². The van der Waals surface area contributed by atoms with Crippen LogP contribution in [0, 0.1) is 6.92 Å². The van der Waals surface area contributed by atoms with Crippen LogP contribution in [0.1, 0.15) is 5.56 Å². The summed E-state index contributed by atoms with van der Waals surface area (Å²) in [7, 11) is 0. The second-order valence-corrected chi connectivity index (χ2v) is 3.07. The standard InChI is InChI=1S/C9H12N2O/c1-7-2-3-9(11-4-7)12-8-5-10-6-8/h2-4,8,10H,5-6H2,1H3. The number of nitrogens with one attached hydrogen (secondary N) is 1. The first-order valence-corrected chi connectivity index (χ1v) is 4.14. The summed E-state index contributed by atoms with van der Waals surface area (Å²) < 4.78 is 5.53. The van der Waals surface area contributed by atoms with Gasteiger partial charge in [0, 0.05) is 25.4 Å². The molecule has 0 aliphatic carbocycles. The van der Waals surface area contributed by atoms with E-state index in [9.17, 15) is 0 Å². The zero-order valence-corrected chi connectivity index (χ0v) is 7.08. The van der Waals surface area contributed by atoms with Crippen LogP contribution in [0.15, 0.2) is 18.3 Å². The third-order valence-corrected chi connectivity index (χ3v) is 1.92. The lowest BCUT2D eigenvalue weighted by Crippen LogP contribution is -2.50. The minimum absolute atomic E-state index is 0.320. The smallest absolute Gasteiger partial charge is 0.213 e. The van der Waals surface area contributed by atoms with E-state index in [1.54, 1.807) is 0 Å². The van der Waals surface area contributed by atoms with E-state index in [1.807, 2.05) is 25.3 Å². The number of hydrogen-bond donors (Lipinski definition) is 1. The van der Waals surface area contributed by atoms with Crippen LogP contribution in [0.25, 0.3) is 0 Å². The Bertz CT molecular complexity index is 254. The number of hydrogen-bond acceptors (Lipinski definition) is 3. The second-order valence-electron chi connectivity index (χ2n) is 3.07. The van der Waals surface area contributed by atoms with E-state index in [-0.39, 0.29) is 0 Å². The van der Waals surface area contributed by atoms with Crippen molar-refractivity contribution in [3.63, 3.8) is 0 Å². The van der Waals surface area contributed by atoms with Gasteiger partial charge in [0.1, 0.15) is 6.10 Å². The van der Waals surface area contributed by atoms with Gasteiger partial charge in [-0.05, 0) is 12.5 Å². The molecule has 0 amide bonds. The molecule has 0 unspecified atom stereocenters. The first kappa shape index (κ1) is 7.55. The summed E-state index contributed by atoms with van der Waals surface area (Å²) >= 11 is 0. The molecule has 0 radical (unpaired) electrons. The van der Waals surface area contributed by atoms with Gasteiger partial charge in [-0.25, -0.2) is 4.98 Å². The molecule has 12 heavy (non-hydrogen) atoms. The summed E-state index contributed by atoms with van der Waals surface area (Å²) in [6.07, 6.45) is 2.14. The van der Waals surface area contributed by atoms with Crippen LogP contribution in [-0.4, -0.2) is 24.2 Å². The molecule has 1 saturated heterocycles. The maximum atomic E-state index is 5.53. The molecule has 1 aromatic rings. The number of aryl methyl sites for hydroxylation is 1. The summed E-state index contributed by atoms with van der Waals surface area (Å²) in [5.41, 5.74) is 1.16. The number of aromatic nitrogens is 1. The minimum Gasteiger partial charge on any atom is -0.472 e. The molecule has 2 heterocycles. The van der Waals surface area contributed by atoms with Gasteiger partial charge in [0.05, 0.1) is 0 Å². The zero-order chi connectivity index (χ0) is 8.39. The summed E-state index contributed by atoms with van der Waals surface area (Å²) in [4.78, 5) is 4.15. The lowest BCUT2D eigenvalue weighted by Gasteiger charge is -2.27. The third-order valence-electron chi connectivity index (χ3n) is 1.92. The quantitative estimate of drug-likeness (QED) is 0.700. The molecule has 0 bridgehead atoms. The molecule has 3 heteroatoms. The Kier molecular flexibility index (Phi) is 1.96. The summed E-state index contributed by atoms with van der Waals surface area (Å²) in [6.45, 7) is 3.90. The zero-order valence-electron chi connectivity index (χ0n) is 7.08. The lowest BCUT2D eigenvalue weighted by molar-refractivity contribution is 0.136. The van der Waals surface area contributed by atoms with Crippen LogP contribution in [0.4, 0.5) is 0 Å². The minimum atomic E-state index is 0.320. The molecule has 1 fully saturated rings. The van der Waals surface area contributed by atoms with Crippen LogP contribution < -0.4 is 10.1 Å². The predicted octanol–water partition coefficient (Wildman–Crippen LogP) is 0.741. The number of rotatable bonds is 2. The lowest BCUT2D eigenvalue weighted by atomic mass is 10.2. The average Bonchev–Trinajstić information content (AvgIpc) is 2.00. The molecule has 64 valence electrons. The molecule has 1 aliphatic rings. The Morgan fingerprint density at radius 3 is 2.83 bits per heavy atom. The predicted molar refractivity (Wildman–Crippen MR) is 46.3 cm³/mol.